The molecule has 0 bridgehead atoms. The molecule has 0 spiro atoms. The first-order chi connectivity index (χ1) is 11.6. The molecule has 2 aromatic carbocycles. The van der Waals surface area contributed by atoms with Crippen LogP contribution >= 0.6 is 0 Å². The van der Waals surface area contributed by atoms with Crippen LogP contribution in [0.25, 0.3) is 0 Å². The van der Waals surface area contributed by atoms with Gasteiger partial charge in [-0.1, -0.05) is 11.2 Å². The van der Waals surface area contributed by atoms with Crippen molar-refractivity contribution >= 4 is 11.7 Å². The maximum atomic E-state index is 13.8. The van der Waals surface area contributed by atoms with Crippen LogP contribution in [0.1, 0.15) is 29.9 Å². The van der Waals surface area contributed by atoms with E-state index in [0.29, 0.717) is 11.3 Å². The van der Waals surface area contributed by atoms with Gasteiger partial charge in [0.25, 0.3) is 0 Å². The van der Waals surface area contributed by atoms with Gasteiger partial charge in [0.15, 0.2) is 0 Å². The van der Waals surface area contributed by atoms with Crippen molar-refractivity contribution in [2.45, 2.75) is 12.8 Å². The maximum Gasteiger partial charge on any atom is 0.320 e. The fourth-order valence-electron chi connectivity index (χ4n) is 2.26. The van der Waals surface area contributed by atoms with Crippen LogP contribution in [0.4, 0.5) is 20.5 Å². The quantitative estimate of drug-likeness (QED) is 0.781. The molecule has 3 rings (SSSR count). The van der Waals surface area contributed by atoms with Gasteiger partial charge >= 0.3 is 6.01 Å². The summed E-state index contributed by atoms with van der Waals surface area (Å²) in [6.45, 7) is 1.58. The average Bonchev–Trinajstić information content (AvgIpc) is 3.04. The number of hydrogen-bond acceptors (Lipinski definition) is 5. The number of rotatable bonds is 4. The summed E-state index contributed by atoms with van der Waals surface area (Å²) in [4.78, 5) is 0. The normalized spacial score (nSPS) is 11.8. The zero-order valence-corrected chi connectivity index (χ0v) is 12.6. The van der Waals surface area contributed by atoms with Crippen LogP contribution in [-0.4, -0.2) is 10.2 Å². The molecule has 5 nitrogen and oxygen atoms in total. The summed E-state index contributed by atoms with van der Waals surface area (Å²) in [7, 11) is 0. The molecule has 0 radical (unpaired) electrons. The lowest BCUT2D eigenvalue weighted by Gasteiger charge is -2.09. The van der Waals surface area contributed by atoms with Gasteiger partial charge in [-0.3, -0.25) is 0 Å². The minimum atomic E-state index is -0.727. The lowest BCUT2D eigenvalue weighted by molar-refractivity contribution is 0.469. The smallest absolute Gasteiger partial charge is 0.320 e. The van der Waals surface area contributed by atoms with Gasteiger partial charge in [-0.15, -0.1) is 5.10 Å². The molecule has 0 saturated carbocycles. The summed E-state index contributed by atoms with van der Waals surface area (Å²) >= 11 is 0. The summed E-state index contributed by atoms with van der Waals surface area (Å²) in [5.41, 5.74) is 1.05. The van der Waals surface area contributed by atoms with Crippen LogP contribution < -0.4 is 5.32 Å². The second kappa shape index (κ2) is 6.46. The molecule has 0 aliphatic rings. The molecule has 3 aromatic rings. The molecule has 0 aliphatic carbocycles. The fraction of sp³-hybridized carbons (Fsp3) is 0.118. The van der Waals surface area contributed by atoms with Crippen LogP contribution in [-0.2, 0) is 0 Å². The number of halogens is 2. The van der Waals surface area contributed by atoms with Crippen molar-refractivity contribution in [1.82, 2.24) is 10.2 Å². The first-order valence-corrected chi connectivity index (χ1v) is 7.13. The predicted octanol–water partition coefficient (Wildman–Crippen LogP) is 4.11. The van der Waals surface area contributed by atoms with E-state index in [9.17, 15) is 8.78 Å². The summed E-state index contributed by atoms with van der Waals surface area (Å²) in [5.74, 6) is -1.96. The zero-order valence-electron chi connectivity index (χ0n) is 12.6. The largest absolute Gasteiger partial charge is 0.407 e. The number of benzene rings is 2. The molecule has 120 valence electrons. The molecule has 1 unspecified atom stereocenters. The fourth-order valence-corrected chi connectivity index (χ4v) is 2.26. The first-order valence-electron chi connectivity index (χ1n) is 7.13. The average molecular weight is 326 g/mol. The van der Waals surface area contributed by atoms with Crippen molar-refractivity contribution in [2.75, 3.05) is 5.32 Å². The Kier molecular flexibility index (Phi) is 4.20. The topological polar surface area (TPSA) is 74.7 Å². The molecule has 1 N–H and O–H groups in total. The van der Waals surface area contributed by atoms with Crippen molar-refractivity contribution in [3.8, 4) is 6.07 Å². The Morgan fingerprint density at radius 3 is 2.38 bits per heavy atom. The first kappa shape index (κ1) is 15.6. The van der Waals surface area contributed by atoms with Crippen molar-refractivity contribution in [1.29, 1.82) is 5.26 Å². The third kappa shape index (κ3) is 3.08. The van der Waals surface area contributed by atoms with Gasteiger partial charge in [0, 0.05) is 11.3 Å². The van der Waals surface area contributed by atoms with Crippen molar-refractivity contribution in [3.63, 3.8) is 0 Å². The van der Waals surface area contributed by atoms with Gasteiger partial charge < -0.3 is 9.73 Å². The van der Waals surface area contributed by atoms with Gasteiger partial charge in [0.05, 0.1) is 17.6 Å². The molecular formula is C17H12F2N4O. The molecule has 7 heteroatoms. The Labute approximate surface area is 136 Å². The summed E-state index contributed by atoms with van der Waals surface area (Å²) in [5, 5.41) is 19.3. The van der Waals surface area contributed by atoms with Crippen LogP contribution in [0.3, 0.4) is 0 Å². The molecule has 0 aliphatic heterocycles. The number of nitriles is 1. The molecule has 1 atom stereocenters. The monoisotopic (exact) mass is 326 g/mol. The number of nitrogens with one attached hydrogen (secondary N) is 1. The second-order valence-electron chi connectivity index (χ2n) is 5.12. The number of hydrogen-bond donors (Lipinski definition) is 1. The molecule has 0 fully saturated rings. The van der Waals surface area contributed by atoms with E-state index in [4.69, 9.17) is 9.68 Å². The Morgan fingerprint density at radius 1 is 1.08 bits per heavy atom. The van der Waals surface area contributed by atoms with E-state index in [1.54, 1.807) is 31.2 Å². The molecule has 1 aromatic heterocycles. The van der Waals surface area contributed by atoms with Gasteiger partial charge in [-0.05, 0) is 43.3 Å². The van der Waals surface area contributed by atoms with Crippen molar-refractivity contribution in [2.24, 2.45) is 0 Å². The highest BCUT2D eigenvalue weighted by atomic mass is 19.1. The van der Waals surface area contributed by atoms with E-state index >= 15 is 0 Å². The lowest BCUT2D eigenvalue weighted by Crippen LogP contribution is -2.03. The minimum Gasteiger partial charge on any atom is -0.407 e. The Morgan fingerprint density at radius 2 is 1.75 bits per heavy atom. The zero-order chi connectivity index (χ0) is 17.1. The second-order valence-corrected chi connectivity index (χ2v) is 5.12. The summed E-state index contributed by atoms with van der Waals surface area (Å²) < 4.78 is 33.1. The molecule has 24 heavy (non-hydrogen) atoms. The minimum absolute atomic E-state index is 0.0927. The standard InChI is InChI=1S/C17H12F2N4O/c1-10(15-13(18)3-2-4-14(15)19)16-22-23-17(24-16)21-12-7-5-11(9-20)6-8-12/h2-8,10H,1H3,(H,21,23). The van der Waals surface area contributed by atoms with Crippen molar-refractivity contribution < 1.29 is 13.2 Å². The summed E-state index contributed by atoms with van der Waals surface area (Å²) in [6, 6.07) is 12.4. The summed E-state index contributed by atoms with van der Waals surface area (Å²) in [6.07, 6.45) is 0. The third-order valence-electron chi connectivity index (χ3n) is 3.51. The highest BCUT2D eigenvalue weighted by Gasteiger charge is 2.22. The van der Waals surface area contributed by atoms with E-state index < -0.39 is 17.6 Å². The SMILES string of the molecule is CC(c1nnc(Nc2ccc(C#N)cc2)o1)c1c(F)cccc1F. The molecular weight excluding hydrogens is 314 g/mol. The Hall–Kier alpha value is -3.27. The van der Waals surface area contributed by atoms with Crippen LogP contribution in [0.2, 0.25) is 0 Å². The van der Waals surface area contributed by atoms with Crippen molar-refractivity contribution in [3.05, 3.63) is 71.1 Å². The van der Waals surface area contributed by atoms with E-state index in [0.717, 1.165) is 0 Å². The lowest BCUT2D eigenvalue weighted by atomic mass is 10.00. The van der Waals surface area contributed by atoms with Gasteiger partial charge in [0.2, 0.25) is 5.89 Å². The highest BCUT2D eigenvalue weighted by Crippen LogP contribution is 2.29. The predicted molar refractivity (Wildman–Crippen MR) is 82.6 cm³/mol. The Balaban J connectivity index is 1.81. The Bertz CT molecular complexity index is 879. The van der Waals surface area contributed by atoms with E-state index in [1.807, 2.05) is 6.07 Å². The number of nitrogens with zero attached hydrogens (tertiary/aromatic N) is 3. The van der Waals surface area contributed by atoms with Crippen LogP contribution in [0.15, 0.2) is 46.9 Å². The van der Waals surface area contributed by atoms with Crippen LogP contribution in [0, 0.1) is 23.0 Å². The maximum absolute atomic E-state index is 13.8. The number of anilines is 2. The number of aromatic nitrogens is 2. The molecule has 1 heterocycles. The van der Waals surface area contributed by atoms with Gasteiger partial charge in [-0.2, -0.15) is 5.26 Å². The van der Waals surface area contributed by atoms with E-state index in [-0.39, 0.29) is 17.5 Å². The van der Waals surface area contributed by atoms with Crippen LogP contribution in [0.5, 0.6) is 0 Å². The molecule has 0 amide bonds. The van der Waals surface area contributed by atoms with Gasteiger partial charge in [-0.25, -0.2) is 8.78 Å². The van der Waals surface area contributed by atoms with E-state index in [1.165, 1.54) is 18.2 Å². The molecule has 0 saturated heterocycles. The van der Waals surface area contributed by atoms with Gasteiger partial charge in [0.1, 0.15) is 11.6 Å². The van der Waals surface area contributed by atoms with E-state index in [2.05, 4.69) is 15.5 Å². The third-order valence-corrected chi connectivity index (χ3v) is 3.51. The highest BCUT2D eigenvalue weighted by molar-refractivity contribution is 5.53.